The van der Waals surface area contributed by atoms with E-state index >= 15 is 0 Å². The fourth-order valence-corrected chi connectivity index (χ4v) is 3.59. The third-order valence-electron chi connectivity index (χ3n) is 4.71. The van der Waals surface area contributed by atoms with E-state index in [1.165, 1.54) is 9.13 Å². The molecule has 0 saturated heterocycles. The van der Waals surface area contributed by atoms with E-state index in [1.54, 1.807) is 17.5 Å². The van der Waals surface area contributed by atoms with Crippen LogP contribution in [0.3, 0.4) is 0 Å². The highest BCUT2D eigenvalue weighted by atomic mass is 79.9. The second-order valence-corrected chi connectivity index (χ2v) is 7.40. The molecule has 0 saturated carbocycles. The molecule has 0 fully saturated rings. The van der Waals surface area contributed by atoms with Gasteiger partial charge in [0.05, 0.1) is 6.54 Å². The van der Waals surface area contributed by atoms with Crippen LogP contribution in [0.1, 0.15) is 11.3 Å². The van der Waals surface area contributed by atoms with E-state index in [2.05, 4.69) is 27.5 Å². The number of hydrogen-bond acceptors (Lipinski definition) is 3. The Kier molecular flexibility index (Phi) is 4.15. The van der Waals surface area contributed by atoms with Crippen molar-refractivity contribution in [2.75, 3.05) is 0 Å². The van der Waals surface area contributed by atoms with E-state index in [0.717, 1.165) is 15.7 Å². The van der Waals surface area contributed by atoms with Gasteiger partial charge in [0.1, 0.15) is 0 Å². The normalized spacial score (nSPS) is 11.5. The molecule has 0 aliphatic carbocycles. The summed E-state index contributed by atoms with van der Waals surface area (Å²) in [5.74, 6) is 0.621. The zero-order valence-corrected chi connectivity index (χ0v) is 16.6. The lowest BCUT2D eigenvalue weighted by atomic mass is 10.2. The number of rotatable bonds is 4. The number of benzene rings is 1. The fraction of sp³-hybridized carbons (Fsp3) is 0.211. The Morgan fingerprint density at radius 1 is 1.19 bits per heavy atom. The number of fused-ring (bicyclic) bond motifs is 3. The Morgan fingerprint density at radius 3 is 2.56 bits per heavy atom. The van der Waals surface area contributed by atoms with Crippen LogP contribution in [0.15, 0.2) is 57.2 Å². The molecule has 3 heterocycles. The number of aromatic nitrogens is 5. The van der Waals surface area contributed by atoms with Crippen LogP contribution in [-0.2, 0) is 20.1 Å². The first kappa shape index (κ1) is 17.5. The van der Waals surface area contributed by atoms with E-state index in [4.69, 9.17) is 0 Å². The number of halogens is 1. The van der Waals surface area contributed by atoms with E-state index in [1.807, 2.05) is 42.0 Å². The molecular weight excluding hydrogens is 410 g/mol. The smallest absolute Gasteiger partial charge is 0.310 e. The van der Waals surface area contributed by atoms with Gasteiger partial charge < -0.3 is 4.57 Å². The number of imidazole rings is 2. The Bertz CT molecular complexity index is 1300. The molecule has 0 radical (unpaired) electrons. The third kappa shape index (κ3) is 2.68. The average Bonchev–Trinajstić information content (AvgIpc) is 3.15. The zero-order valence-electron chi connectivity index (χ0n) is 15.0. The summed E-state index contributed by atoms with van der Waals surface area (Å²) in [5, 5.41) is 0. The predicted octanol–water partition coefficient (Wildman–Crippen LogP) is 2.45. The van der Waals surface area contributed by atoms with Crippen LogP contribution < -0.4 is 11.2 Å². The summed E-state index contributed by atoms with van der Waals surface area (Å²) in [5.41, 5.74) is 1.88. The van der Waals surface area contributed by atoms with Crippen LogP contribution >= 0.6 is 15.9 Å². The van der Waals surface area contributed by atoms with Crippen molar-refractivity contribution in [3.63, 3.8) is 0 Å². The van der Waals surface area contributed by atoms with Crippen LogP contribution in [0.25, 0.3) is 16.9 Å². The molecule has 0 unspecified atom stereocenters. The first-order valence-electron chi connectivity index (χ1n) is 8.45. The molecule has 8 heteroatoms. The monoisotopic (exact) mass is 427 g/mol. The van der Waals surface area contributed by atoms with Gasteiger partial charge in [0.25, 0.3) is 5.56 Å². The second kappa shape index (κ2) is 6.38. The van der Waals surface area contributed by atoms with Crippen molar-refractivity contribution in [3.8, 4) is 0 Å². The van der Waals surface area contributed by atoms with Gasteiger partial charge in [-0.2, -0.15) is 4.98 Å². The maximum atomic E-state index is 13.2. The Hall–Kier alpha value is -2.87. The van der Waals surface area contributed by atoms with Crippen molar-refractivity contribution in [1.82, 2.24) is 23.1 Å². The first-order chi connectivity index (χ1) is 12.9. The van der Waals surface area contributed by atoms with Crippen LogP contribution in [0.2, 0.25) is 0 Å². The molecule has 1 aromatic carbocycles. The molecule has 4 rings (SSSR count). The summed E-state index contributed by atoms with van der Waals surface area (Å²) in [7, 11) is 1.64. The molecule has 0 bridgehead atoms. The molecule has 4 aromatic rings. The minimum absolute atomic E-state index is 0.203. The lowest BCUT2D eigenvalue weighted by Crippen LogP contribution is -2.39. The van der Waals surface area contributed by atoms with Crippen LogP contribution in [0, 0.1) is 6.92 Å². The molecule has 27 heavy (non-hydrogen) atoms. The Labute approximate surface area is 162 Å². The highest BCUT2D eigenvalue weighted by Crippen LogP contribution is 2.16. The van der Waals surface area contributed by atoms with E-state index in [0.29, 0.717) is 23.5 Å². The Morgan fingerprint density at radius 2 is 1.89 bits per heavy atom. The quantitative estimate of drug-likeness (QED) is 0.469. The van der Waals surface area contributed by atoms with Crippen LogP contribution in [-0.4, -0.2) is 23.1 Å². The molecule has 3 aromatic heterocycles. The lowest BCUT2D eigenvalue weighted by Gasteiger charge is -2.08. The molecular formula is C19H18BrN5O2. The standard InChI is InChI=1S/C19H18BrN5O2/c1-4-9-23-12(2)10-24-15-16(21-18(23)24)22(3)19(27)25(17(15)26)11-13-5-7-14(20)8-6-13/h4-8,10H,1,9,11H2,2-3H3. The van der Waals surface area contributed by atoms with Crippen molar-refractivity contribution in [3.05, 3.63) is 79.7 Å². The fourth-order valence-electron chi connectivity index (χ4n) is 3.32. The number of aryl methyl sites for hydroxylation is 2. The molecule has 0 aliphatic heterocycles. The van der Waals surface area contributed by atoms with Crippen molar-refractivity contribution in [1.29, 1.82) is 0 Å². The third-order valence-corrected chi connectivity index (χ3v) is 5.23. The molecule has 7 nitrogen and oxygen atoms in total. The van der Waals surface area contributed by atoms with Crippen molar-refractivity contribution >= 4 is 32.9 Å². The molecule has 0 N–H and O–H groups in total. The van der Waals surface area contributed by atoms with E-state index in [-0.39, 0.29) is 17.8 Å². The SMILES string of the molecule is C=CCn1c(C)cn2c3c(=O)n(Cc4ccc(Br)cc4)c(=O)n(C)c3nc12. The van der Waals surface area contributed by atoms with Gasteiger partial charge >= 0.3 is 5.69 Å². The Balaban J connectivity index is 2.01. The number of nitrogens with zero attached hydrogens (tertiary/aromatic N) is 5. The van der Waals surface area contributed by atoms with Gasteiger partial charge in [-0.25, -0.2) is 4.79 Å². The molecule has 0 atom stereocenters. The summed E-state index contributed by atoms with van der Waals surface area (Å²) < 4.78 is 7.33. The summed E-state index contributed by atoms with van der Waals surface area (Å²) in [6, 6.07) is 7.55. The minimum Gasteiger partial charge on any atom is -0.310 e. The van der Waals surface area contributed by atoms with E-state index in [9.17, 15) is 9.59 Å². The van der Waals surface area contributed by atoms with Crippen LogP contribution in [0.5, 0.6) is 0 Å². The summed E-state index contributed by atoms with van der Waals surface area (Å²) in [6.07, 6.45) is 3.64. The lowest BCUT2D eigenvalue weighted by molar-refractivity contribution is 0.656. The summed E-state index contributed by atoms with van der Waals surface area (Å²) in [6.45, 7) is 6.50. The van der Waals surface area contributed by atoms with Crippen LogP contribution in [0.4, 0.5) is 0 Å². The topological polar surface area (TPSA) is 66.2 Å². The van der Waals surface area contributed by atoms with E-state index < -0.39 is 0 Å². The first-order valence-corrected chi connectivity index (χ1v) is 9.24. The minimum atomic E-state index is -0.386. The highest BCUT2D eigenvalue weighted by molar-refractivity contribution is 9.10. The highest BCUT2D eigenvalue weighted by Gasteiger charge is 2.19. The van der Waals surface area contributed by atoms with Gasteiger partial charge in [0.2, 0.25) is 5.78 Å². The number of hydrogen-bond donors (Lipinski definition) is 0. The van der Waals surface area contributed by atoms with Crippen molar-refractivity contribution in [2.45, 2.75) is 20.0 Å². The van der Waals surface area contributed by atoms with Gasteiger partial charge in [-0.15, -0.1) is 6.58 Å². The van der Waals surface area contributed by atoms with Crippen molar-refractivity contribution < 1.29 is 0 Å². The van der Waals surface area contributed by atoms with Gasteiger partial charge in [-0.05, 0) is 24.6 Å². The largest absolute Gasteiger partial charge is 0.332 e. The molecule has 0 aliphatic rings. The van der Waals surface area contributed by atoms with Gasteiger partial charge in [0.15, 0.2) is 11.2 Å². The van der Waals surface area contributed by atoms with Crippen molar-refractivity contribution in [2.24, 2.45) is 7.05 Å². The molecule has 138 valence electrons. The molecule has 0 amide bonds. The summed E-state index contributed by atoms with van der Waals surface area (Å²) >= 11 is 3.39. The van der Waals surface area contributed by atoms with Gasteiger partial charge in [0, 0.05) is 30.0 Å². The van der Waals surface area contributed by atoms with Gasteiger partial charge in [-0.1, -0.05) is 34.1 Å². The maximum absolute atomic E-state index is 13.2. The second-order valence-electron chi connectivity index (χ2n) is 6.48. The maximum Gasteiger partial charge on any atom is 0.332 e. The number of allylic oxidation sites excluding steroid dienone is 1. The average molecular weight is 428 g/mol. The molecule has 0 spiro atoms. The van der Waals surface area contributed by atoms with Gasteiger partial charge in [-0.3, -0.25) is 18.3 Å². The predicted molar refractivity (Wildman–Crippen MR) is 108 cm³/mol. The summed E-state index contributed by atoms with van der Waals surface area (Å²) in [4.78, 5) is 30.5. The zero-order chi connectivity index (χ0) is 19.3.